The second-order valence-corrected chi connectivity index (χ2v) is 8.27. The summed E-state index contributed by atoms with van der Waals surface area (Å²) in [4.78, 5) is 12.5. The summed E-state index contributed by atoms with van der Waals surface area (Å²) in [6, 6.07) is 6.35. The molecule has 0 radical (unpaired) electrons. The fraction of sp³-hybridized carbons (Fsp3) is 0.474. The third kappa shape index (κ3) is 3.90. The number of hydrogen-bond acceptors (Lipinski definition) is 3. The lowest BCUT2D eigenvalue weighted by Gasteiger charge is -2.33. The summed E-state index contributed by atoms with van der Waals surface area (Å²) in [5.41, 5.74) is 0.766. The van der Waals surface area contributed by atoms with E-state index in [9.17, 15) is 18.0 Å². The molecule has 2 aromatic rings. The Balaban J connectivity index is 1.62. The molecule has 0 bridgehead atoms. The first-order valence-corrected chi connectivity index (χ1v) is 10.1. The van der Waals surface area contributed by atoms with Gasteiger partial charge in [-0.25, -0.2) is 4.68 Å². The van der Waals surface area contributed by atoms with Crippen molar-refractivity contribution in [2.45, 2.75) is 56.4 Å². The zero-order valence-electron chi connectivity index (χ0n) is 15.0. The molecule has 9 heteroatoms. The number of carbonyl (C=O) groups excluding carboxylic acids is 1. The number of anilines is 1. The molecule has 2 N–H and O–H groups in total. The maximum absolute atomic E-state index is 13.7. The summed E-state index contributed by atoms with van der Waals surface area (Å²) in [6.07, 6.45) is -0.754. The van der Waals surface area contributed by atoms with Gasteiger partial charge in [0.2, 0.25) is 0 Å². The molecule has 1 saturated carbocycles. The lowest BCUT2D eigenvalue weighted by Crippen LogP contribution is -2.36. The Hall–Kier alpha value is -2.03. The van der Waals surface area contributed by atoms with Crippen LogP contribution in [0.15, 0.2) is 34.8 Å². The van der Waals surface area contributed by atoms with E-state index < -0.39 is 24.2 Å². The van der Waals surface area contributed by atoms with Gasteiger partial charge in [0.25, 0.3) is 5.91 Å². The van der Waals surface area contributed by atoms with E-state index in [1.54, 1.807) is 24.3 Å². The highest BCUT2D eigenvalue weighted by Crippen LogP contribution is 2.43. The number of rotatable bonds is 3. The average Bonchev–Trinajstić information content (AvgIpc) is 3.29. The van der Waals surface area contributed by atoms with Gasteiger partial charge in [-0.3, -0.25) is 4.79 Å². The van der Waals surface area contributed by atoms with E-state index in [1.807, 2.05) is 0 Å². The average molecular weight is 457 g/mol. The fourth-order valence-electron chi connectivity index (χ4n) is 3.93. The quantitative estimate of drug-likeness (QED) is 0.684. The second-order valence-electron chi connectivity index (χ2n) is 7.36. The van der Waals surface area contributed by atoms with Gasteiger partial charge >= 0.3 is 6.18 Å². The molecular weight excluding hydrogens is 437 g/mol. The molecule has 4 rings (SSSR count). The van der Waals surface area contributed by atoms with Gasteiger partial charge in [-0.15, -0.1) is 0 Å². The molecule has 1 aliphatic heterocycles. The van der Waals surface area contributed by atoms with Gasteiger partial charge in [-0.1, -0.05) is 40.9 Å². The van der Waals surface area contributed by atoms with Crippen LogP contribution in [0.5, 0.6) is 0 Å². The first-order valence-electron chi connectivity index (χ1n) is 9.30. The molecule has 1 fully saturated rings. The van der Waals surface area contributed by atoms with Crippen LogP contribution in [0.1, 0.15) is 60.2 Å². The van der Waals surface area contributed by atoms with Crippen molar-refractivity contribution < 1.29 is 18.0 Å². The van der Waals surface area contributed by atoms with Crippen LogP contribution in [0.4, 0.5) is 19.0 Å². The Morgan fingerprint density at radius 2 is 1.89 bits per heavy atom. The molecule has 0 saturated heterocycles. The highest BCUT2D eigenvalue weighted by atomic mass is 79.9. The van der Waals surface area contributed by atoms with E-state index in [-0.39, 0.29) is 24.0 Å². The topological polar surface area (TPSA) is 59.0 Å². The Kier molecular flexibility index (Phi) is 5.11. The van der Waals surface area contributed by atoms with E-state index in [0.29, 0.717) is 0 Å². The van der Waals surface area contributed by atoms with E-state index >= 15 is 0 Å². The van der Waals surface area contributed by atoms with Crippen molar-refractivity contribution in [3.05, 3.63) is 46.1 Å². The van der Waals surface area contributed by atoms with Gasteiger partial charge in [0.05, 0.1) is 6.04 Å². The molecular formula is C19H20BrF3N4O. The largest absolute Gasteiger partial charge is 0.410 e. The zero-order chi connectivity index (χ0) is 19.9. The number of nitrogens with one attached hydrogen (secondary N) is 2. The van der Waals surface area contributed by atoms with Crippen molar-refractivity contribution in [1.82, 2.24) is 15.1 Å². The first-order chi connectivity index (χ1) is 13.3. The van der Waals surface area contributed by atoms with Crippen molar-refractivity contribution in [3.63, 3.8) is 0 Å². The van der Waals surface area contributed by atoms with Crippen LogP contribution < -0.4 is 10.6 Å². The normalized spacial score (nSPS) is 22.6. The molecule has 2 atom stereocenters. The smallest absolute Gasteiger partial charge is 0.363 e. The van der Waals surface area contributed by atoms with Crippen LogP contribution in [0.3, 0.4) is 0 Å². The number of carbonyl (C=O) groups is 1. The Bertz CT molecular complexity index is 859. The number of fused-ring (bicyclic) bond motifs is 1. The van der Waals surface area contributed by atoms with E-state index in [2.05, 4.69) is 31.7 Å². The molecule has 1 aliphatic carbocycles. The number of halogens is 4. The van der Waals surface area contributed by atoms with E-state index in [1.165, 1.54) is 6.07 Å². The number of alkyl halides is 3. The Morgan fingerprint density at radius 1 is 1.21 bits per heavy atom. The monoisotopic (exact) mass is 456 g/mol. The summed E-state index contributed by atoms with van der Waals surface area (Å²) in [5, 5.41) is 9.98. The summed E-state index contributed by atoms with van der Waals surface area (Å²) >= 11 is 3.33. The highest BCUT2D eigenvalue weighted by Gasteiger charge is 2.46. The molecule has 0 unspecified atom stereocenters. The summed E-state index contributed by atoms with van der Waals surface area (Å²) in [7, 11) is 0. The second kappa shape index (κ2) is 7.42. The molecule has 0 spiro atoms. The minimum absolute atomic E-state index is 0.0140. The van der Waals surface area contributed by atoms with Gasteiger partial charge in [-0.05, 0) is 30.5 Å². The van der Waals surface area contributed by atoms with Crippen molar-refractivity contribution >= 4 is 27.7 Å². The van der Waals surface area contributed by atoms with Crippen LogP contribution >= 0.6 is 15.9 Å². The summed E-state index contributed by atoms with van der Waals surface area (Å²) in [6.45, 7) is 0. The molecule has 2 aliphatic rings. The van der Waals surface area contributed by atoms with Gasteiger partial charge in [0, 0.05) is 23.0 Å². The molecule has 28 heavy (non-hydrogen) atoms. The predicted octanol–water partition coefficient (Wildman–Crippen LogP) is 4.98. The maximum atomic E-state index is 13.7. The summed E-state index contributed by atoms with van der Waals surface area (Å²) in [5.74, 6) is -0.213. The molecule has 1 aromatic heterocycles. The fourth-order valence-corrected chi connectivity index (χ4v) is 4.19. The minimum Gasteiger partial charge on any atom is -0.363 e. The van der Waals surface area contributed by atoms with Crippen molar-refractivity contribution in [1.29, 1.82) is 0 Å². The van der Waals surface area contributed by atoms with Crippen molar-refractivity contribution in [2.75, 3.05) is 5.32 Å². The molecule has 1 aromatic carbocycles. The van der Waals surface area contributed by atoms with Gasteiger partial charge < -0.3 is 10.6 Å². The Morgan fingerprint density at radius 3 is 2.54 bits per heavy atom. The van der Waals surface area contributed by atoms with Crippen LogP contribution in [-0.4, -0.2) is 27.9 Å². The van der Waals surface area contributed by atoms with E-state index in [4.69, 9.17) is 0 Å². The standard InChI is InChI=1S/C19H20BrF3N4O/c20-12-7-5-11(6-8-12)14-9-16(19(21,22)23)27-17(25-14)10-15(26-27)18(28)24-13-3-1-2-4-13/h5-8,10,13-14,16,25H,1-4,9H2,(H,24,28)/t14-,16+/m0/s1. The molecule has 2 heterocycles. The number of amides is 1. The number of benzene rings is 1. The van der Waals surface area contributed by atoms with Crippen molar-refractivity contribution in [3.8, 4) is 0 Å². The maximum Gasteiger partial charge on any atom is 0.410 e. The lowest BCUT2D eigenvalue weighted by molar-refractivity contribution is -0.173. The van der Waals surface area contributed by atoms with Crippen LogP contribution in [-0.2, 0) is 0 Å². The molecule has 1 amide bonds. The van der Waals surface area contributed by atoms with Crippen LogP contribution in [0, 0.1) is 0 Å². The number of aromatic nitrogens is 2. The minimum atomic E-state index is -4.46. The zero-order valence-corrected chi connectivity index (χ0v) is 16.6. The number of hydrogen-bond donors (Lipinski definition) is 2. The van der Waals surface area contributed by atoms with Crippen LogP contribution in [0.2, 0.25) is 0 Å². The molecule has 5 nitrogen and oxygen atoms in total. The third-order valence-corrected chi connectivity index (χ3v) is 5.91. The van der Waals surface area contributed by atoms with Gasteiger partial charge in [0.15, 0.2) is 11.7 Å². The lowest BCUT2D eigenvalue weighted by atomic mass is 9.97. The van der Waals surface area contributed by atoms with E-state index in [0.717, 1.165) is 40.4 Å². The van der Waals surface area contributed by atoms with Crippen molar-refractivity contribution in [2.24, 2.45) is 0 Å². The summed E-state index contributed by atoms with van der Waals surface area (Å²) < 4.78 is 42.9. The Labute approximate surface area is 168 Å². The number of nitrogens with zero attached hydrogens (tertiary/aromatic N) is 2. The SMILES string of the molecule is O=C(NC1CCCC1)c1cc2n(n1)[C@@H](C(F)(F)F)C[C@@H](c1ccc(Br)cc1)N2. The van der Waals surface area contributed by atoms with Crippen LogP contribution in [0.25, 0.3) is 0 Å². The van der Waals surface area contributed by atoms with Gasteiger partial charge in [-0.2, -0.15) is 18.3 Å². The third-order valence-electron chi connectivity index (χ3n) is 5.39. The molecule has 150 valence electrons. The predicted molar refractivity (Wildman–Crippen MR) is 102 cm³/mol. The van der Waals surface area contributed by atoms with Gasteiger partial charge in [0.1, 0.15) is 5.82 Å². The highest BCUT2D eigenvalue weighted by molar-refractivity contribution is 9.10. The first kappa shape index (κ1) is 19.3.